The van der Waals surface area contributed by atoms with E-state index in [9.17, 15) is 14.7 Å². The van der Waals surface area contributed by atoms with E-state index < -0.39 is 15.8 Å². The van der Waals surface area contributed by atoms with Crippen molar-refractivity contribution in [2.45, 2.75) is 45.6 Å². The molecule has 0 bridgehead atoms. The maximum atomic E-state index is 13.1. The number of β-amino-alcohol motifs (C(OH)–C–C–N with tert-alkyl or cyclic N) is 1. The van der Waals surface area contributed by atoms with Gasteiger partial charge in [0.05, 0.1) is 0 Å². The summed E-state index contributed by atoms with van der Waals surface area (Å²) in [6.45, 7) is 9.58. The van der Waals surface area contributed by atoms with Gasteiger partial charge in [-0.3, -0.25) is 0 Å². The summed E-state index contributed by atoms with van der Waals surface area (Å²) in [7, 11) is 1.65. The molecule has 0 saturated carbocycles. The number of amides is 1. The summed E-state index contributed by atoms with van der Waals surface area (Å²) >= 11 is -0.738. The van der Waals surface area contributed by atoms with Crippen LogP contribution in [0, 0.1) is 6.92 Å². The van der Waals surface area contributed by atoms with Crippen LogP contribution in [-0.4, -0.2) is 65.7 Å². The number of rotatable bonds is 6. The third kappa shape index (κ3) is 6.42. The van der Waals surface area contributed by atoms with E-state index in [0.29, 0.717) is 46.8 Å². The van der Waals surface area contributed by atoms with Gasteiger partial charge >= 0.3 is 221 Å². The Kier molecular flexibility index (Phi) is 8.11. The fraction of sp³-hybridized carbons (Fsp3) is 0.323. The van der Waals surface area contributed by atoms with Gasteiger partial charge in [0.25, 0.3) is 0 Å². The zero-order chi connectivity index (χ0) is 29.3. The minimum atomic E-state index is -0.738. The molecular formula is C31H34AsN6O3. The molecule has 1 unspecified atom stereocenters. The molecule has 2 N–H and O–H groups in total. The number of aliphatic hydroxyl groups excluding tert-OH is 1. The van der Waals surface area contributed by atoms with E-state index >= 15 is 0 Å². The molecule has 2 aromatic carbocycles. The average Bonchev–Trinajstić information content (AvgIpc) is 3.38. The molecule has 3 heterocycles. The Morgan fingerprint density at radius 1 is 1.12 bits per heavy atom. The summed E-state index contributed by atoms with van der Waals surface area (Å²) in [5.74, 6) is 0.391. The summed E-state index contributed by atoms with van der Waals surface area (Å²) < 4.78 is 2.81. The van der Waals surface area contributed by atoms with Crippen LogP contribution in [0.1, 0.15) is 48.7 Å². The van der Waals surface area contributed by atoms with Crippen molar-refractivity contribution in [2.75, 3.05) is 23.3 Å². The van der Waals surface area contributed by atoms with Gasteiger partial charge in [0.1, 0.15) is 0 Å². The predicted octanol–water partition coefficient (Wildman–Crippen LogP) is 2.32. The molecule has 1 radical (unpaired) electrons. The average molecular weight is 614 g/mol. The number of carbonyl (C=O) groups is 1. The van der Waals surface area contributed by atoms with Crippen molar-refractivity contribution in [1.82, 2.24) is 19.7 Å². The fourth-order valence-electron chi connectivity index (χ4n) is 4.77. The Labute approximate surface area is 246 Å². The maximum absolute atomic E-state index is 13.1. The molecule has 0 spiro atoms. The van der Waals surface area contributed by atoms with E-state index in [0.717, 1.165) is 15.6 Å². The van der Waals surface area contributed by atoms with Crippen molar-refractivity contribution < 1.29 is 9.90 Å². The van der Waals surface area contributed by atoms with Gasteiger partial charge in [-0.25, -0.2) is 0 Å². The Hall–Kier alpha value is -3.81. The summed E-state index contributed by atoms with van der Waals surface area (Å²) in [5, 5.41) is 17.5. The van der Waals surface area contributed by atoms with Gasteiger partial charge in [0, 0.05) is 0 Å². The molecule has 1 aliphatic rings. The Bertz CT molecular complexity index is 1650. The van der Waals surface area contributed by atoms with Crippen molar-refractivity contribution in [2.24, 2.45) is 7.05 Å². The zero-order valence-electron chi connectivity index (χ0n) is 23.9. The van der Waals surface area contributed by atoms with E-state index in [1.54, 1.807) is 13.2 Å². The predicted molar refractivity (Wildman–Crippen MR) is 163 cm³/mol. The van der Waals surface area contributed by atoms with E-state index in [1.807, 2.05) is 66.4 Å². The molecule has 1 amide bonds. The quantitative estimate of drug-likeness (QED) is 0.321. The summed E-state index contributed by atoms with van der Waals surface area (Å²) in [5.41, 5.74) is 4.63. The number of hydrogen-bond acceptors (Lipinski definition) is 7. The minimum absolute atomic E-state index is 0.0106. The van der Waals surface area contributed by atoms with E-state index in [2.05, 4.69) is 36.2 Å². The number of aromatic nitrogens is 4. The van der Waals surface area contributed by atoms with Crippen molar-refractivity contribution >= 4 is 42.1 Å². The number of anilines is 2. The molecule has 9 nitrogen and oxygen atoms in total. The molecular weight excluding hydrogens is 579 g/mol. The number of nitrogens with one attached hydrogen (secondary N) is 1. The van der Waals surface area contributed by atoms with Crippen molar-refractivity contribution in [1.29, 1.82) is 0 Å². The van der Waals surface area contributed by atoms with E-state index in [1.165, 1.54) is 10.2 Å². The number of hydrogen-bond donors (Lipinski definition) is 2. The SMILES string of the molecule is Cc1c(NC(=O)c2ccc(C(C)(C)C)cc2)cccc1-c1cc([As]c2ccnc(N3CCC(O)C3)n2)c(=O)n(C)n1. The second kappa shape index (κ2) is 11.6. The Morgan fingerprint density at radius 3 is 2.56 bits per heavy atom. The third-order valence-electron chi connectivity index (χ3n) is 7.22. The zero-order valence-corrected chi connectivity index (χ0v) is 25.8. The van der Waals surface area contributed by atoms with Gasteiger partial charge in [-0.15, -0.1) is 0 Å². The van der Waals surface area contributed by atoms with Gasteiger partial charge in [0.15, 0.2) is 0 Å². The van der Waals surface area contributed by atoms with Crippen LogP contribution in [0.5, 0.6) is 0 Å². The molecule has 10 heteroatoms. The number of benzene rings is 2. The summed E-state index contributed by atoms with van der Waals surface area (Å²) in [6, 6.07) is 17.0. The third-order valence-corrected chi connectivity index (χ3v) is 9.41. The van der Waals surface area contributed by atoms with Crippen molar-refractivity contribution in [3.05, 3.63) is 87.8 Å². The fourth-order valence-corrected chi connectivity index (χ4v) is 6.77. The molecule has 5 rings (SSSR count). The van der Waals surface area contributed by atoms with E-state index in [4.69, 9.17) is 4.98 Å². The topological polar surface area (TPSA) is 113 Å². The van der Waals surface area contributed by atoms with Crippen LogP contribution in [-0.2, 0) is 12.5 Å². The Balaban J connectivity index is 1.40. The molecule has 4 aromatic rings. The first-order valence-electron chi connectivity index (χ1n) is 13.6. The second-order valence-electron chi connectivity index (χ2n) is 11.3. The van der Waals surface area contributed by atoms with Gasteiger partial charge in [-0.2, -0.15) is 0 Å². The number of aryl methyl sites for hydroxylation is 1. The van der Waals surface area contributed by atoms with Gasteiger partial charge in [-0.1, -0.05) is 20.8 Å². The molecule has 1 aliphatic heterocycles. The van der Waals surface area contributed by atoms with Crippen LogP contribution in [0.25, 0.3) is 11.3 Å². The van der Waals surface area contributed by atoms with Gasteiger partial charge in [0.2, 0.25) is 0 Å². The first kappa shape index (κ1) is 28.7. The first-order chi connectivity index (χ1) is 19.5. The van der Waals surface area contributed by atoms with Crippen LogP contribution in [0.3, 0.4) is 0 Å². The normalized spacial score (nSPS) is 15.6. The van der Waals surface area contributed by atoms with Crippen molar-refractivity contribution in [3.63, 3.8) is 0 Å². The molecule has 0 aliphatic carbocycles. The number of nitrogens with zero attached hydrogens (tertiary/aromatic N) is 5. The molecule has 1 saturated heterocycles. The molecule has 2 aromatic heterocycles. The number of carbonyl (C=O) groups excluding carboxylic acids is 1. The van der Waals surface area contributed by atoms with Gasteiger partial charge in [-0.05, 0) is 5.41 Å². The molecule has 1 fully saturated rings. The standard InChI is InChI=1S/C31H34AsN6O3/c1-19-23(7-6-8-25(19)34-28(40)20-9-11-21(12-10-20)31(2,3)4)26-17-24(29(41)37(5)36-26)32-27-13-15-33-30(35-27)38-16-14-22(39)18-38/h6-13,15,17,22,39H,14,16,18H2,1-5H3,(H,34,40). The van der Waals surface area contributed by atoms with Crippen LogP contribution in [0.15, 0.2) is 65.6 Å². The summed E-state index contributed by atoms with van der Waals surface area (Å²) in [4.78, 5) is 37.2. The van der Waals surface area contributed by atoms with Crippen LogP contribution >= 0.6 is 0 Å². The number of aliphatic hydroxyl groups is 1. The van der Waals surface area contributed by atoms with Gasteiger partial charge < -0.3 is 0 Å². The van der Waals surface area contributed by atoms with E-state index in [-0.39, 0.29) is 23.0 Å². The summed E-state index contributed by atoms with van der Waals surface area (Å²) in [6.07, 6.45) is 2.03. The molecule has 1 atom stereocenters. The molecule has 211 valence electrons. The molecule has 41 heavy (non-hydrogen) atoms. The van der Waals surface area contributed by atoms with Crippen LogP contribution < -0.4 is 24.6 Å². The monoisotopic (exact) mass is 613 g/mol. The first-order valence-corrected chi connectivity index (χ1v) is 15.5. The Morgan fingerprint density at radius 2 is 1.88 bits per heavy atom. The second-order valence-corrected chi connectivity index (χ2v) is 13.8. The van der Waals surface area contributed by atoms with Crippen LogP contribution in [0.4, 0.5) is 11.6 Å². The van der Waals surface area contributed by atoms with Crippen LogP contribution in [0.2, 0.25) is 0 Å². The van der Waals surface area contributed by atoms with Crippen molar-refractivity contribution in [3.8, 4) is 11.3 Å².